The molecule has 8 heteroatoms. The van der Waals surface area contributed by atoms with E-state index in [1.807, 2.05) is 0 Å². The smallest absolute Gasteiger partial charge is 0.270 e. The number of carbonyl (C=O) groups excluding carboxylic acids is 2. The number of amides is 2. The van der Waals surface area contributed by atoms with Gasteiger partial charge in [0.15, 0.2) is 0 Å². The van der Waals surface area contributed by atoms with E-state index in [1.54, 1.807) is 24.3 Å². The third kappa shape index (κ3) is 3.39. The van der Waals surface area contributed by atoms with Gasteiger partial charge in [-0.2, -0.15) is 0 Å². The topological polar surface area (TPSA) is 57.6 Å². The van der Waals surface area contributed by atoms with Crippen LogP contribution in [0.15, 0.2) is 24.3 Å². The van der Waals surface area contributed by atoms with Gasteiger partial charge in [-0.3, -0.25) is 14.5 Å². The lowest BCUT2D eigenvalue weighted by Crippen LogP contribution is -2.38. The Bertz CT molecular complexity index is 586. The molecule has 0 radical (unpaired) electrons. The Morgan fingerprint density at radius 2 is 1.45 bits per heavy atom. The third-order valence-electron chi connectivity index (χ3n) is 2.38. The zero-order valence-electron chi connectivity index (χ0n) is 10.0. The van der Waals surface area contributed by atoms with Crippen LogP contribution in [0.3, 0.4) is 0 Å². The van der Waals surface area contributed by atoms with Gasteiger partial charge < -0.3 is 5.11 Å². The Morgan fingerprint density at radius 3 is 1.75 bits per heavy atom. The highest BCUT2D eigenvalue weighted by Gasteiger charge is 2.25. The molecular weight excluding hydrogens is 341 g/mol. The summed E-state index contributed by atoms with van der Waals surface area (Å²) >= 11 is 13.7. The lowest BCUT2D eigenvalue weighted by molar-refractivity contribution is 0.0591. The lowest BCUT2D eigenvalue weighted by Gasteiger charge is -2.18. The standard InChI is InChI=1S/C12H9Cl2NO3S2/c13-9-3-1-7(19-9)11(17)15(5-6-16)12(18)8-2-4-10(14)20-8/h1-4,16H,5-6H2. The van der Waals surface area contributed by atoms with Gasteiger partial charge in [0.2, 0.25) is 0 Å². The fourth-order valence-corrected chi connectivity index (χ4v) is 3.50. The minimum Gasteiger partial charge on any atom is -0.395 e. The molecule has 2 aromatic heterocycles. The number of thiophene rings is 2. The molecule has 0 bridgehead atoms. The molecule has 20 heavy (non-hydrogen) atoms. The number of rotatable bonds is 4. The van der Waals surface area contributed by atoms with E-state index < -0.39 is 11.8 Å². The summed E-state index contributed by atoms with van der Waals surface area (Å²) in [5, 5.41) is 9.05. The van der Waals surface area contributed by atoms with Gasteiger partial charge >= 0.3 is 0 Å². The van der Waals surface area contributed by atoms with Crippen LogP contribution in [0.5, 0.6) is 0 Å². The molecule has 0 atom stereocenters. The van der Waals surface area contributed by atoms with E-state index in [-0.39, 0.29) is 13.2 Å². The van der Waals surface area contributed by atoms with E-state index in [2.05, 4.69) is 0 Å². The van der Waals surface area contributed by atoms with Crippen LogP contribution >= 0.6 is 45.9 Å². The largest absolute Gasteiger partial charge is 0.395 e. The molecule has 2 amide bonds. The van der Waals surface area contributed by atoms with Crippen LogP contribution in [0.1, 0.15) is 19.3 Å². The summed E-state index contributed by atoms with van der Waals surface area (Å²) in [6.45, 7) is -0.390. The second-order valence-corrected chi connectivity index (χ2v) is 7.12. The second kappa shape index (κ2) is 6.69. The molecule has 0 saturated carbocycles. The number of hydrogen-bond acceptors (Lipinski definition) is 5. The molecule has 1 N–H and O–H groups in total. The lowest BCUT2D eigenvalue weighted by atomic mass is 10.3. The number of imide groups is 1. The number of nitrogens with zero attached hydrogens (tertiary/aromatic N) is 1. The predicted molar refractivity (Wildman–Crippen MR) is 81.1 cm³/mol. The number of carbonyl (C=O) groups is 2. The van der Waals surface area contributed by atoms with Crippen molar-refractivity contribution in [3.8, 4) is 0 Å². The Labute approximate surface area is 133 Å². The molecule has 0 saturated heterocycles. The van der Waals surface area contributed by atoms with E-state index in [0.29, 0.717) is 18.4 Å². The van der Waals surface area contributed by atoms with E-state index in [1.165, 1.54) is 0 Å². The van der Waals surface area contributed by atoms with E-state index in [0.717, 1.165) is 27.6 Å². The minimum atomic E-state index is -0.481. The highest BCUT2D eigenvalue weighted by atomic mass is 35.5. The Hall–Kier alpha value is -0.920. The van der Waals surface area contributed by atoms with Crippen LogP contribution in [0.25, 0.3) is 0 Å². The second-order valence-electron chi connectivity index (χ2n) is 3.69. The van der Waals surface area contributed by atoms with Crippen LogP contribution in [0, 0.1) is 0 Å². The average molecular weight is 350 g/mol. The first-order valence-corrected chi connectivity index (χ1v) is 7.89. The van der Waals surface area contributed by atoms with Crippen molar-refractivity contribution in [1.29, 1.82) is 0 Å². The van der Waals surface area contributed by atoms with Crippen LogP contribution < -0.4 is 0 Å². The van der Waals surface area contributed by atoms with Crippen molar-refractivity contribution in [3.63, 3.8) is 0 Å². The van der Waals surface area contributed by atoms with E-state index in [9.17, 15) is 9.59 Å². The zero-order valence-corrected chi connectivity index (χ0v) is 13.2. The predicted octanol–water partition coefficient (Wildman–Crippen LogP) is 3.39. The normalized spacial score (nSPS) is 10.6. The molecule has 4 nitrogen and oxygen atoms in total. The zero-order chi connectivity index (χ0) is 14.7. The molecule has 0 aliphatic carbocycles. The summed E-state index contributed by atoms with van der Waals surface area (Å²) in [7, 11) is 0. The maximum atomic E-state index is 12.3. The first-order chi connectivity index (χ1) is 9.52. The van der Waals surface area contributed by atoms with Gasteiger partial charge in [-0.05, 0) is 24.3 Å². The molecular formula is C12H9Cl2NO3S2. The fraction of sp³-hybridized carbons (Fsp3) is 0.167. The van der Waals surface area contributed by atoms with E-state index in [4.69, 9.17) is 28.3 Å². The molecule has 0 aliphatic rings. The number of halogens is 2. The molecule has 0 fully saturated rings. The Kier molecular flexibility index (Phi) is 5.17. The first-order valence-electron chi connectivity index (χ1n) is 5.50. The number of aliphatic hydroxyl groups excluding tert-OH is 1. The van der Waals surface area contributed by atoms with Gasteiger partial charge in [-0.15, -0.1) is 22.7 Å². The fourth-order valence-electron chi connectivity index (χ4n) is 1.52. The van der Waals surface area contributed by atoms with Gasteiger partial charge in [-0.25, -0.2) is 0 Å². The Morgan fingerprint density at radius 1 is 1.00 bits per heavy atom. The number of hydrogen-bond donors (Lipinski definition) is 1. The van der Waals surface area contributed by atoms with Crippen molar-refractivity contribution in [3.05, 3.63) is 42.7 Å². The first kappa shape index (κ1) is 15.5. The van der Waals surface area contributed by atoms with Crippen LogP contribution in [-0.2, 0) is 0 Å². The summed E-state index contributed by atoms with van der Waals surface area (Å²) in [5.74, 6) is -0.962. The Balaban J connectivity index is 2.26. The number of aliphatic hydroxyl groups is 1. The summed E-state index contributed by atoms with van der Waals surface area (Å²) in [4.78, 5) is 26.3. The molecule has 106 valence electrons. The van der Waals surface area contributed by atoms with Gasteiger partial charge in [0.05, 0.1) is 31.6 Å². The molecule has 0 spiro atoms. The SMILES string of the molecule is O=C(c1ccc(Cl)s1)N(CCO)C(=O)c1ccc(Cl)s1. The van der Waals surface area contributed by atoms with Crippen molar-refractivity contribution in [2.24, 2.45) is 0 Å². The van der Waals surface area contributed by atoms with E-state index >= 15 is 0 Å². The summed E-state index contributed by atoms with van der Waals surface area (Å²) in [6.07, 6.45) is 0. The summed E-state index contributed by atoms with van der Waals surface area (Å²) < 4.78 is 0.924. The maximum absolute atomic E-state index is 12.3. The minimum absolute atomic E-state index is 0.0807. The third-order valence-corrected chi connectivity index (χ3v) is 4.82. The van der Waals surface area contributed by atoms with Crippen molar-refractivity contribution >= 4 is 57.7 Å². The van der Waals surface area contributed by atoms with Gasteiger partial charge in [0.25, 0.3) is 11.8 Å². The molecule has 0 aromatic carbocycles. The maximum Gasteiger partial charge on any atom is 0.270 e. The summed E-state index contributed by atoms with van der Waals surface area (Å²) in [6, 6.07) is 6.27. The van der Waals surface area contributed by atoms with Crippen molar-refractivity contribution in [2.45, 2.75) is 0 Å². The molecule has 2 rings (SSSR count). The van der Waals surface area contributed by atoms with Crippen molar-refractivity contribution in [1.82, 2.24) is 4.90 Å². The van der Waals surface area contributed by atoms with Crippen LogP contribution in [0.4, 0.5) is 0 Å². The highest BCUT2D eigenvalue weighted by molar-refractivity contribution is 7.18. The van der Waals surface area contributed by atoms with Crippen LogP contribution in [-0.4, -0.2) is 35.0 Å². The summed E-state index contributed by atoms with van der Waals surface area (Å²) in [5.41, 5.74) is 0. The highest BCUT2D eigenvalue weighted by Crippen LogP contribution is 2.26. The molecule has 2 aromatic rings. The average Bonchev–Trinajstić information content (AvgIpc) is 3.03. The quantitative estimate of drug-likeness (QED) is 0.860. The monoisotopic (exact) mass is 349 g/mol. The van der Waals surface area contributed by atoms with Gasteiger partial charge in [-0.1, -0.05) is 23.2 Å². The van der Waals surface area contributed by atoms with Crippen molar-refractivity contribution in [2.75, 3.05) is 13.2 Å². The molecule has 0 aliphatic heterocycles. The van der Waals surface area contributed by atoms with Crippen LogP contribution in [0.2, 0.25) is 8.67 Å². The van der Waals surface area contributed by atoms with Gasteiger partial charge in [0, 0.05) is 0 Å². The molecule has 0 unspecified atom stereocenters. The molecule has 2 heterocycles. The van der Waals surface area contributed by atoms with Crippen molar-refractivity contribution < 1.29 is 14.7 Å². The van der Waals surface area contributed by atoms with Gasteiger partial charge in [0.1, 0.15) is 0 Å².